The van der Waals surface area contributed by atoms with E-state index in [-0.39, 0.29) is 24.0 Å². The second-order valence-electron chi connectivity index (χ2n) is 7.17. The molecule has 0 saturated heterocycles. The average Bonchev–Trinajstić information content (AvgIpc) is 3.06. The number of anilines is 3. The number of benzene rings is 1. The van der Waals surface area contributed by atoms with Gasteiger partial charge >= 0.3 is 0 Å². The molecule has 158 valence electrons. The Labute approximate surface area is 170 Å². The van der Waals surface area contributed by atoms with E-state index >= 15 is 0 Å². The summed E-state index contributed by atoms with van der Waals surface area (Å²) in [5.41, 5.74) is 12.0. The molecule has 1 saturated carbocycles. The Morgan fingerprint density at radius 3 is 2.77 bits per heavy atom. The van der Waals surface area contributed by atoms with Gasteiger partial charge in [0, 0.05) is 23.8 Å². The molecule has 1 aliphatic rings. The van der Waals surface area contributed by atoms with Crippen LogP contribution < -0.4 is 22.1 Å². The van der Waals surface area contributed by atoms with Crippen LogP contribution in [0, 0.1) is 0 Å². The van der Waals surface area contributed by atoms with Gasteiger partial charge in [-0.1, -0.05) is 0 Å². The molecule has 6 N–H and O–H groups in total. The lowest BCUT2D eigenvalue weighted by Crippen LogP contribution is -2.36. The third-order valence-electron chi connectivity index (χ3n) is 4.97. The van der Waals surface area contributed by atoms with Crippen LogP contribution in [0.15, 0.2) is 24.4 Å². The summed E-state index contributed by atoms with van der Waals surface area (Å²) in [5.74, 6) is -0.832. The Morgan fingerprint density at radius 2 is 2.10 bits per heavy atom. The number of carbonyl (C=O) groups excluding carboxylic acids is 1. The molecule has 1 fully saturated rings. The van der Waals surface area contributed by atoms with Crippen molar-refractivity contribution in [3.63, 3.8) is 0 Å². The minimum Gasteiger partial charge on any atom is -0.364 e. The van der Waals surface area contributed by atoms with E-state index in [1.54, 1.807) is 6.07 Å². The normalized spacial score (nSPS) is 15.2. The third kappa shape index (κ3) is 4.13. The summed E-state index contributed by atoms with van der Waals surface area (Å²) in [5, 5.41) is 18.5. The lowest BCUT2D eigenvalue weighted by atomic mass is 9.93. The molecule has 4 rings (SSSR count). The van der Waals surface area contributed by atoms with Crippen LogP contribution >= 0.6 is 0 Å². The number of hydrogen-bond donors (Lipinski definition) is 4. The van der Waals surface area contributed by atoms with E-state index in [4.69, 9.17) is 11.5 Å². The number of hydrogen-bond acceptors (Lipinski definition) is 8. The van der Waals surface area contributed by atoms with Gasteiger partial charge < -0.3 is 22.1 Å². The van der Waals surface area contributed by atoms with Crippen molar-refractivity contribution in [2.45, 2.75) is 37.8 Å². The Bertz CT molecular complexity index is 1070. The van der Waals surface area contributed by atoms with Gasteiger partial charge in [0.15, 0.2) is 11.5 Å². The highest BCUT2D eigenvalue weighted by Gasteiger charge is 2.21. The molecule has 1 aliphatic carbocycles. The summed E-state index contributed by atoms with van der Waals surface area (Å²) in [4.78, 5) is 15.8. The molecule has 10 nitrogen and oxygen atoms in total. The van der Waals surface area contributed by atoms with E-state index in [2.05, 4.69) is 30.9 Å². The zero-order chi connectivity index (χ0) is 21.3. The van der Waals surface area contributed by atoms with E-state index in [1.165, 1.54) is 6.42 Å². The largest absolute Gasteiger partial charge is 0.364 e. The molecular weight excluding hydrogens is 396 g/mol. The fourth-order valence-corrected chi connectivity index (χ4v) is 3.05. The quantitative estimate of drug-likeness (QED) is 0.433. The van der Waals surface area contributed by atoms with Crippen molar-refractivity contribution < 1.29 is 13.6 Å². The van der Waals surface area contributed by atoms with Crippen molar-refractivity contribution in [2.75, 3.05) is 17.2 Å². The zero-order valence-electron chi connectivity index (χ0n) is 15.9. The van der Waals surface area contributed by atoms with Gasteiger partial charge in [-0.2, -0.15) is 10.1 Å². The number of amides is 1. The number of primary amides is 1. The number of nitrogens with two attached hydrogens (primary N) is 2. The van der Waals surface area contributed by atoms with E-state index < -0.39 is 18.4 Å². The monoisotopic (exact) mass is 417 g/mol. The SMILES string of the molecule is NC(=O)c1nnc(NCC(N)C(F)F)nc1Nc1ccc2nn(C3CCC3)cc2c1. The van der Waals surface area contributed by atoms with Gasteiger partial charge in [-0.25, -0.2) is 8.78 Å². The maximum Gasteiger partial charge on any atom is 0.273 e. The minimum atomic E-state index is -2.69. The summed E-state index contributed by atoms with van der Waals surface area (Å²) < 4.78 is 27.1. The van der Waals surface area contributed by atoms with Crippen LogP contribution in [0.1, 0.15) is 35.8 Å². The molecule has 1 unspecified atom stereocenters. The Hall–Kier alpha value is -3.41. The van der Waals surface area contributed by atoms with Crippen molar-refractivity contribution in [3.05, 3.63) is 30.1 Å². The number of halogens is 2. The molecule has 2 aromatic heterocycles. The number of fused-ring (bicyclic) bond motifs is 1. The van der Waals surface area contributed by atoms with E-state index in [1.807, 2.05) is 23.0 Å². The summed E-state index contributed by atoms with van der Waals surface area (Å²) in [7, 11) is 0. The van der Waals surface area contributed by atoms with Crippen LogP contribution in [0.3, 0.4) is 0 Å². The molecule has 12 heteroatoms. The van der Waals surface area contributed by atoms with Crippen molar-refractivity contribution in [1.82, 2.24) is 25.0 Å². The molecule has 0 aliphatic heterocycles. The molecule has 1 aromatic carbocycles. The first-order valence-electron chi connectivity index (χ1n) is 9.49. The van der Waals surface area contributed by atoms with Gasteiger partial charge in [0.25, 0.3) is 12.3 Å². The van der Waals surface area contributed by atoms with Crippen molar-refractivity contribution >= 4 is 34.3 Å². The molecule has 0 spiro atoms. The second-order valence-corrected chi connectivity index (χ2v) is 7.17. The first-order chi connectivity index (χ1) is 14.4. The maximum atomic E-state index is 12.6. The topological polar surface area (TPSA) is 150 Å². The second kappa shape index (κ2) is 8.14. The number of rotatable bonds is 8. The number of nitrogens with one attached hydrogen (secondary N) is 2. The predicted octanol–water partition coefficient (Wildman–Crippen LogP) is 1.79. The summed E-state index contributed by atoms with van der Waals surface area (Å²) in [6, 6.07) is 4.55. The molecule has 2 heterocycles. The first kappa shape index (κ1) is 19.9. The molecule has 1 atom stereocenters. The van der Waals surface area contributed by atoms with Crippen LogP contribution in [0.5, 0.6) is 0 Å². The molecule has 0 bridgehead atoms. The summed E-state index contributed by atoms with van der Waals surface area (Å²) >= 11 is 0. The molecular formula is C18H21F2N9O. The number of alkyl halides is 2. The van der Waals surface area contributed by atoms with Crippen LogP contribution in [0.2, 0.25) is 0 Å². The van der Waals surface area contributed by atoms with Crippen molar-refractivity contribution in [2.24, 2.45) is 11.5 Å². The van der Waals surface area contributed by atoms with Gasteiger partial charge in [-0.05, 0) is 37.5 Å². The highest BCUT2D eigenvalue weighted by atomic mass is 19.3. The smallest absolute Gasteiger partial charge is 0.273 e. The zero-order valence-corrected chi connectivity index (χ0v) is 15.9. The summed E-state index contributed by atoms with van der Waals surface area (Å²) in [6.45, 7) is -0.263. The molecule has 3 aromatic rings. The lowest BCUT2D eigenvalue weighted by molar-refractivity contribution is 0.0995. The van der Waals surface area contributed by atoms with Gasteiger partial charge in [-0.3, -0.25) is 9.48 Å². The Morgan fingerprint density at radius 1 is 1.30 bits per heavy atom. The van der Waals surface area contributed by atoms with Crippen LogP contribution in [-0.2, 0) is 0 Å². The maximum absolute atomic E-state index is 12.6. The van der Waals surface area contributed by atoms with Crippen molar-refractivity contribution in [3.8, 4) is 0 Å². The average molecular weight is 417 g/mol. The number of aromatic nitrogens is 5. The van der Waals surface area contributed by atoms with Crippen LogP contribution in [0.4, 0.5) is 26.2 Å². The molecule has 1 amide bonds. The van der Waals surface area contributed by atoms with Gasteiger partial charge in [0.2, 0.25) is 5.95 Å². The van der Waals surface area contributed by atoms with Gasteiger partial charge in [0.1, 0.15) is 0 Å². The Balaban J connectivity index is 1.57. The minimum absolute atomic E-state index is 0.0522. The molecule has 0 radical (unpaired) electrons. The van der Waals surface area contributed by atoms with E-state index in [0.717, 1.165) is 23.7 Å². The summed E-state index contributed by atoms with van der Waals surface area (Å²) in [6.07, 6.45) is 2.75. The van der Waals surface area contributed by atoms with E-state index in [0.29, 0.717) is 11.7 Å². The van der Waals surface area contributed by atoms with Crippen LogP contribution in [0.25, 0.3) is 10.9 Å². The van der Waals surface area contributed by atoms with Crippen LogP contribution in [-0.4, -0.2) is 49.9 Å². The number of carbonyl (C=O) groups is 1. The van der Waals surface area contributed by atoms with E-state index in [9.17, 15) is 13.6 Å². The number of nitrogens with zero attached hydrogens (tertiary/aromatic N) is 5. The predicted molar refractivity (Wildman–Crippen MR) is 107 cm³/mol. The van der Waals surface area contributed by atoms with Crippen molar-refractivity contribution in [1.29, 1.82) is 0 Å². The first-order valence-corrected chi connectivity index (χ1v) is 9.49. The highest BCUT2D eigenvalue weighted by Crippen LogP contribution is 2.32. The third-order valence-corrected chi connectivity index (χ3v) is 4.97. The van der Waals surface area contributed by atoms with Gasteiger partial charge in [-0.15, -0.1) is 10.2 Å². The lowest BCUT2D eigenvalue weighted by Gasteiger charge is -2.25. The van der Waals surface area contributed by atoms with Gasteiger partial charge in [0.05, 0.1) is 17.6 Å². The molecule has 30 heavy (non-hydrogen) atoms. The highest BCUT2D eigenvalue weighted by molar-refractivity contribution is 5.96. The standard InChI is InChI=1S/C18H21F2N9O/c19-15(20)12(21)7-23-18-25-17(14(16(22)30)26-27-18)24-10-4-5-13-9(6-10)8-29(28-13)11-2-1-3-11/h4-6,8,11-12,15H,1-3,7,21H2,(H2,22,30)(H2,23,24,25,27). The fourth-order valence-electron chi connectivity index (χ4n) is 3.05. The Kier molecular flexibility index (Phi) is 5.40. The fraction of sp³-hybridized carbons (Fsp3) is 0.389.